The summed E-state index contributed by atoms with van der Waals surface area (Å²) in [7, 11) is 0. The maximum Gasteiger partial charge on any atom is 0.222 e. The van der Waals surface area contributed by atoms with Crippen LogP contribution in [0.1, 0.15) is 18.4 Å². The van der Waals surface area contributed by atoms with Gasteiger partial charge in [-0.05, 0) is 37.4 Å². The summed E-state index contributed by atoms with van der Waals surface area (Å²) in [5, 5.41) is 3.14. The molecule has 2 heteroatoms. The Kier molecular flexibility index (Phi) is 3.16. The number of nitrogens with one attached hydrogen (secondary N) is 1. The van der Waals surface area contributed by atoms with Crippen LogP contribution in [0.3, 0.4) is 0 Å². The van der Waals surface area contributed by atoms with Crippen molar-refractivity contribution in [2.24, 2.45) is 0 Å². The smallest absolute Gasteiger partial charge is 0.222 e. The van der Waals surface area contributed by atoms with Crippen molar-refractivity contribution in [3.63, 3.8) is 0 Å². The molecule has 0 amide bonds. The quantitative estimate of drug-likeness (QED) is 0.692. The van der Waals surface area contributed by atoms with Crippen molar-refractivity contribution in [3.8, 4) is 11.8 Å². The summed E-state index contributed by atoms with van der Waals surface area (Å²) in [5.41, 5.74) is 0.892. The first kappa shape index (κ1) is 9.95. The lowest BCUT2D eigenvalue weighted by Crippen LogP contribution is -2.29. The third-order valence-electron chi connectivity index (χ3n) is 2.48. The van der Waals surface area contributed by atoms with Crippen LogP contribution in [-0.4, -0.2) is 18.4 Å². The largest absolute Gasteiger partial charge is 0.307 e. The third kappa shape index (κ3) is 2.68. The molecule has 1 unspecified atom stereocenters. The van der Waals surface area contributed by atoms with E-state index in [4.69, 9.17) is 0 Å². The van der Waals surface area contributed by atoms with Crippen molar-refractivity contribution < 1.29 is 4.79 Å². The lowest BCUT2D eigenvalue weighted by Gasteiger charge is -2.01. The maximum absolute atomic E-state index is 11.6. The van der Waals surface area contributed by atoms with Crippen LogP contribution in [-0.2, 0) is 4.79 Å². The Labute approximate surface area is 89.7 Å². The summed E-state index contributed by atoms with van der Waals surface area (Å²) < 4.78 is 0. The van der Waals surface area contributed by atoms with E-state index in [1.807, 2.05) is 30.3 Å². The van der Waals surface area contributed by atoms with Crippen LogP contribution in [0.4, 0.5) is 0 Å². The van der Waals surface area contributed by atoms with Crippen LogP contribution in [0.2, 0.25) is 0 Å². The second kappa shape index (κ2) is 4.77. The molecule has 1 fully saturated rings. The molecule has 1 aliphatic heterocycles. The number of rotatable bonds is 1. The number of benzene rings is 1. The summed E-state index contributed by atoms with van der Waals surface area (Å²) >= 11 is 0. The average Bonchev–Trinajstić information content (AvgIpc) is 2.81. The first-order chi connectivity index (χ1) is 7.36. The number of Topliss-reactive ketones (excluding diaryl/α,β-unsaturated/α-hetero) is 1. The van der Waals surface area contributed by atoms with Gasteiger partial charge in [-0.2, -0.15) is 0 Å². The number of hydrogen-bond acceptors (Lipinski definition) is 2. The molecule has 1 aromatic carbocycles. The molecular weight excluding hydrogens is 186 g/mol. The topological polar surface area (TPSA) is 29.1 Å². The lowest BCUT2D eigenvalue weighted by molar-refractivity contribution is -0.115. The van der Waals surface area contributed by atoms with Gasteiger partial charge in [0.05, 0.1) is 6.04 Å². The van der Waals surface area contributed by atoms with E-state index in [9.17, 15) is 4.79 Å². The van der Waals surface area contributed by atoms with Crippen molar-refractivity contribution in [2.45, 2.75) is 18.9 Å². The Morgan fingerprint density at radius 3 is 2.80 bits per heavy atom. The SMILES string of the molecule is O=C(C#Cc1ccccc1)C1CCCN1. The summed E-state index contributed by atoms with van der Waals surface area (Å²) in [6.45, 7) is 0.934. The number of carbonyl (C=O) groups is 1. The van der Waals surface area contributed by atoms with Gasteiger partial charge < -0.3 is 5.32 Å². The molecule has 76 valence electrons. The first-order valence-corrected chi connectivity index (χ1v) is 5.20. The van der Waals surface area contributed by atoms with Gasteiger partial charge in [0.15, 0.2) is 0 Å². The Morgan fingerprint density at radius 1 is 1.33 bits per heavy atom. The van der Waals surface area contributed by atoms with Gasteiger partial charge in [-0.1, -0.05) is 24.1 Å². The van der Waals surface area contributed by atoms with Gasteiger partial charge in [0, 0.05) is 5.56 Å². The molecule has 1 aromatic rings. The fraction of sp³-hybridized carbons (Fsp3) is 0.308. The third-order valence-corrected chi connectivity index (χ3v) is 2.48. The fourth-order valence-electron chi connectivity index (χ4n) is 1.65. The van der Waals surface area contributed by atoms with Crippen LogP contribution in [0.15, 0.2) is 30.3 Å². The lowest BCUT2D eigenvalue weighted by atomic mass is 10.1. The Morgan fingerprint density at radius 2 is 2.13 bits per heavy atom. The van der Waals surface area contributed by atoms with Crippen molar-refractivity contribution in [1.29, 1.82) is 0 Å². The fourth-order valence-corrected chi connectivity index (χ4v) is 1.65. The molecule has 1 saturated heterocycles. The summed E-state index contributed by atoms with van der Waals surface area (Å²) in [5.74, 6) is 5.58. The highest BCUT2D eigenvalue weighted by molar-refractivity contribution is 6.00. The van der Waals surface area contributed by atoms with E-state index >= 15 is 0 Å². The van der Waals surface area contributed by atoms with Crippen LogP contribution in [0.25, 0.3) is 0 Å². The zero-order valence-corrected chi connectivity index (χ0v) is 8.49. The number of ketones is 1. The zero-order valence-electron chi connectivity index (χ0n) is 8.49. The predicted octanol–water partition coefficient (Wildman–Crippen LogP) is 1.36. The van der Waals surface area contributed by atoms with Crippen molar-refractivity contribution in [2.75, 3.05) is 6.54 Å². The van der Waals surface area contributed by atoms with Crippen LogP contribution >= 0.6 is 0 Å². The summed E-state index contributed by atoms with van der Waals surface area (Å²) in [6.07, 6.45) is 1.99. The van der Waals surface area contributed by atoms with Gasteiger partial charge in [-0.3, -0.25) is 4.79 Å². The molecule has 1 heterocycles. The van der Waals surface area contributed by atoms with Gasteiger partial charge in [-0.15, -0.1) is 0 Å². The molecule has 2 nitrogen and oxygen atoms in total. The van der Waals surface area contributed by atoms with Gasteiger partial charge in [0.1, 0.15) is 0 Å². The predicted molar refractivity (Wildman–Crippen MR) is 59.4 cm³/mol. The van der Waals surface area contributed by atoms with Crippen molar-refractivity contribution in [3.05, 3.63) is 35.9 Å². The van der Waals surface area contributed by atoms with E-state index in [1.54, 1.807) is 0 Å². The molecule has 0 spiro atoms. The summed E-state index contributed by atoms with van der Waals surface area (Å²) in [6, 6.07) is 9.54. The van der Waals surface area contributed by atoms with Gasteiger partial charge >= 0.3 is 0 Å². The molecule has 0 bridgehead atoms. The number of carbonyl (C=O) groups excluding carboxylic acids is 1. The normalized spacial score (nSPS) is 19.3. The average molecular weight is 199 g/mol. The van der Waals surface area contributed by atoms with Crippen LogP contribution < -0.4 is 5.32 Å². The second-order valence-electron chi connectivity index (χ2n) is 3.63. The van der Waals surface area contributed by atoms with Gasteiger partial charge in [0.25, 0.3) is 0 Å². The highest BCUT2D eigenvalue weighted by Crippen LogP contribution is 2.05. The minimum Gasteiger partial charge on any atom is -0.307 e. The first-order valence-electron chi connectivity index (χ1n) is 5.20. The van der Waals surface area contributed by atoms with Crippen LogP contribution in [0.5, 0.6) is 0 Å². The van der Waals surface area contributed by atoms with E-state index in [0.29, 0.717) is 0 Å². The van der Waals surface area contributed by atoms with Crippen LogP contribution in [0, 0.1) is 11.8 Å². The Balaban J connectivity index is 2.02. The molecule has 1 N–H and O–H groups in total. The molecule has 1 aliphatic rings. The molecule has 15 heavy (non-hydrogen) atoms. The summed E-state index contributed by atoms with van der Waals surface area (Å²) in [4.78, 5) is 11.6. The molecular formula is C13H13NO. The van der Waals surface area contributed by atoms with E-state index < -0.39 is 0 Å². The molecule has 0 saturated carbocycles. The standard InChI is InChI=1S/C13H13NO/c15-13(12-7-4-10-14-12)9-8-11-5-2-1-3-6-11/h1-3,5-6,12,14H,4,7,10H2. The number of hydrogen-bond donors (Lipinski definition) is 1. The van der Waals surface area contributed by atoms with E-state index in [0.717, 1.165) is 24.9 Å². The molecule has 2 rings (SSSR count). The second-order valence-corrected chi connectivity index (χ2v) is 3.63. The van der Waals surface area contributed by atoms with E-state index in [1.165, 1.54) is 0 Å². The Hall–Kier alpha value is -1.59. The zero-order chi connectivity index (χ0) is 10.5. The molecule has 0 aliphatic carbocycles. The van der Waals surface area contributed by atoms with Crippen molar-refractivity contribution >= 4 is 5.78 Å². The monoisotopic (exact) mass is 199 g/mol. The van der Waals surface area contributed by atoms with Gasteiger partial charge in [0.2, 0.25) is 5.78 Å². The highest BCUT2D eigenvalue weighted by Gasteiger charge is 2.19. The van der Waals surface area contributed by atoms with E-state index in [-0.39, 0.29) is 11.8 Å². The minimum atomic E-state index is -0.0405. The van der Waals surface area contributed by atoms with E-state index in [2.05, 4.69) is 17.2 Å². The molecule has 0 radical (unpaired) electrons. The highest BCUT2D eigenvalue weighted by atomic mass is 16.1. The Bertz CT molecular complexity index is 394. The van der Waals surface area contributed by atoms with Crippen molar-refractivity contribution in [1.82, 2.24) is 5.32 Å². The minimum absolute atomic E-state index is 0.0105. The maximum atomic E-state index is 11.6. The van der Waals surface area contributed by atoms with Gasteiger partial charge in [-0.25, -0.2) is 0 Å². The molecule has 1 atom stereocenters. The molecule has 0 aromatic heterocycles.